The quantitative estimate of drug-likeness (QED) is 0.570. The van der Waals surface area contributed by atoms with E-state index >= 15 is 0 Å². The van der Waals surface area contributed by atoms with Crippen LogP contribution in [-0.2, 0) is 0 Å². The summed E-state index contributed by atoms with van der Waals surface area (Å²) in [6.07, 6.45) is 12.5. The second-order valence-corrected chi connectivity index (χ2v) is 5.96. The van der Waals surface area contributed by atoms with Crippen molar-refractivity contribution in [1.82, 2.24) is 4.98 Å². The average Bonchev–Trinajstić information content (AvgIpc) is 2.53. The SMILES string of the molecule is CCCCCCCCCCNc1ccnc2ccc(O)cc12. The topological polar surface area (TPSA) is 45.2 Å². The number of nitrogens with zero attached hydrogens (tertiary/aromatic N) is 1. The lowest BCUT2D eigenvalue weighted by atomic mass is 10.1. The first-order chi connectivity index (χ1) is 10.8. The minimum absolute atomic E-state index is 0.288. The minimum atomic E-state index is 0.288. The number of pyridine rings is 1. The van der Waals surface area contributed by atoms with Gasteiger partial charge in [0.25, 0.3) is 0 Å². The fraction of sp³-hybridized carbons (Fsp3) is 0.526. The Hall–Kier alpha value is -1.77. The zero-order valence-corrected chi connectivity index (χ0v) is 13.6. The van der Waals surface area contributed by atoms with Crippen molar-refractivity contribution in [1.29, 1.82) is 0 Å². The maximum absolute atomic E-state index is 9.63. The number of aromatic nitrogens is 1. The molecule has 2 N–H and O–H groups in total. The molecule has 0 bridgehead atoms. The molecule has 1 aromatic carbocycles. The number of hydrogen-bond acceptors (Lipinski definition) is 3. The summed E-state index contributed by atoms with van der Waals surface area (Å²) in [5.74, 6) is 0.288. The maximum Gasteiger partial charge on any atom is 0.116 e. The van der Waals surface area contributed by atoms with E-state index in [1.54, 1.807) is 12.1 Å². The normalized spacial score (nSPS) is 11.0. The van der Waals surface area contributed by atoms with Crippen LogP contribution < -0.4 is 5.32 Å². The highest BCUT2D eigenvalue weighted by Gasteiger charge is 2.02. The van der Waals surface area contributed by atoms with E-state index in [0.29, 0.717) is 0 Å². The lowest BCUT2D eigenvalue weighted by molar-refractivity contribution is 0.476. The Kier molecular flexibility index (Phi) is 7.01. The van der Waals surface area contributed by atoms with Crippen LogP contribution in [0.25, 0.3) is 10.9 Å². The second kappa shape index (κ2) is 9.29. The Morgan fingerprint density at radius 1 is 0.955 bits per heavy atom. The number of phenolic OH excluding ortho intramolecular Hbond substituents is 1. The van der Waals surface area contributed by atoms with Gasteiger partial charge in [0.2, 0.25) is 0 Å². The largest absolute Gasteiger partial charge is 0.508 e. The number of hydrogen-bond donors (Lipinski definition) is 2. The monoisotopic (exact) mass is 300 g/mol. The minimum Gasteiger partial charge on any atom is -0.508 e. The third-order valence-corrected chi connectivity index (χ3v) is 4.07. The molecule has 0 unspecified atom stereocenters. The van der Waals surface area contributed by atoms with E-state index in [1.165, 1.54) is 51.4 Å². The summed E-state index contributed by atoms with van der Waals surface area (Å²) in [6, 6.07) is 7.29. The summed E-state index contributed by atoms with van der Waals surface area (Å²) < 4.78 is 0. The molecule has 3 nitrogen and oxygen atoms in total. The van der Waals surface area contributed by atoms with Gasteiger partial charge in [0.1, 0.15) is 5.75 Å². The summed E-state index contributed by atoms with van der Waals surface area (Å²) in [7, 11) is 0. The third kappa shape index (κ3) is 5.21. The van der Waals surface area contributed by atoms with Gasteiger partial charge in [0.05, 0.1) is 5.52 Å². The van der Waals surface area contributed by atoms with Crippen LogP contribution in [-0.4, -0.2) is 16.6 Å². The molecule has 2 aromatic rings. The number of unbranched alkanes of at least 4 members (excludes halogenated alkanes) is 7. The van der Waals surface area contributed by atoms with Gasteiger partial charge in [-0.2, -0.15) is 0 Å². The smallest absolute Gasteiger partial charge is 0.116 e. The molecule has 22 heavy (non-hydrogen) atoms. The molecule has 1 heterocycles. The van der Waals surface area contributed by atoms with Crippen LogP contribution in [0.15, 0.2) is 30.5 Å². The highest BCUT2D eigenvalue weighted by molar-refractivity contribution is 5.91. The van der Waals surface area contributed by atoms with E-state index < -0.39 is 0 Å². The first-order valence-electron chi connectivity index (χ1n) is 8.63. The predicted molar refractivity (Wildman–Crippen MR) is 94.5 cm³/mol. The molecule has 2 rings (SSSR count). The number of aromatic hydroxyl groups is 1. The van der Waals surface area contributed by atoms with E-state index in [0.717, 1.165) is 23.1 Å². The van der Waals surface area contributed by atoms with Gasteiger partial charge in [0, 0.05) is 23.8 Å². The molecule has 1 aromatic heterocycles. The summed E-state index contributed by atoms with van der Waals surface area (Å²) in [5.41, 5.74) is 1.97. The van der Waals surface area contributed by atoms with E-state index in [2.05, 4.69) is 17.2 Å². The van der Waals surface area contributed by atoms with Gasteiger partial charge < -0.3 is 10.4 Å². The van der Waals surface area contributed by atoms with Crippen molar-refractivity contribution in [2.45, 2.75) is 58.3 Å². The fourth-order valence-electron chi connectivity index (χ4n) is 2.77. The van der Waals surface area contributed by atoms with Crippen molar-refractivity contribution in [3.8, 4) is 5.75 Å². The van der Waals surface area contributed by atoms with Crippen LogP contribution in [0.2, 0.25) is 0 Å². The van der Waals surface area contributed by atoms with E-state index in [9.17, 15) is 5.11 Å². The van der Waals surface area contributed by atoms with Crippen LogP contribution in [0.4, 0.5) is 5.69 Å². The van der Waals surface area contributed by atoms with Gasteiger partial charge >= 0.3 is 0 Å². The summed E-state index contributed by atoms with van der Waals surface area (Å²) >= 11 is 0. The number of fused-ring (bicyclic) bond motifs is 1. The van der Waals surface area contributed by atoms with Gasteiger partial charge in [-0.1, -0.05) is 51.9 Å². The van der Waals surface area contributed by atoms with Gasteiger partial charge in [-0.15, -0.1) is 0 Å². The lowest BCUT2D eigenvalue weighted by Crippen LogP contribution is -2.02. The molecule has 0 fully saturated rings. The molecule has 0 radical (unpaired) electrons. The van der Waals surface area contributed by atoms with Crippen LogP contribution in [0.3, 0.4) is 0 Å². The Bertz CT molecular complexity index is 568. The molecule has 120 valence electrons. The van der Waals surface area contributed by atoms with Gasteiger partial charge in [-0.25, -0.2) is 0 Å². The van der Waals surface area contributed by atoms with Crippen LogP contribution in [0.5, 0.6) is 5.75 Å². The fourth-order valence-corrected chi connectivity index (χ4v) is 2.77. The zero-order chi connectivity index (χ0) is 15.6. The molecule has 3 heteroatoms. The number of nitrogens with one attached hydrogen (secondary N) is 1. The van der Waals surface area contributed by atoms with E-state index in [1.807, 2.05) is 18.3 Å². The van der Waals surface area contributed by atoms with E-state index in [4.69, 9.17) is 0 Å². The van der Waals surface area contributed by atoms with Crippen molar-refractivity contribution in [3.63, 3.8) is 0 Å². The average molecular weight is 300 g/mol. The molecule has 0 aliphatic rings. The third-order valence-electron chi connectivity index (χ3n) is 4.07. The number of benzene rings is 1. The van der Waals surface area contributed by atoms with Gasteiger partial charge in [-0.3, -0.25) is 4.98 Å². The number of phenols is 1. The van der Waals surface area contributed by atoms with Crippen molar-refractivity contribution in [2.24, 2.45) is 0 Å². The van der Waals surface area contributed by atoms with Crippen LogP contribution in [0, 0.1) is 0 Å². The van der Waals surface area contributed by atoms with Crippen molar-refractivity contribution in [3.05, 3.63) is 30.5 Å². The number of rotatable bonds is 10. The molecule has 0 aliphatic heterocycles. The Morgan fingerprint density at radius 3 is 2.45 bits per heavy atom. The predicted octanol–water partition coefficient (Wildman–Crippen LogP) is 5.49. The molecular weight excluding hydrogens is 272 g/mol. The maximum atomic E-state index is 9.63. The number of anilines is 1. The molecule has 0 saturated carbocycles. The lowest BCUT2D eigenvalue weighted by Gasteiger charge is -2.09. The summed E-state index contributed by atoms with van der Waals surface area (Å²) in [4.78, 5) is 4.33. The van der Waals surface area contributed by atoms with E-state index in [-0.39, 0.29) is 5.75 Å². The zero-order valence-electron chi connectivity index (χ0n) is 13.6. The highest BCUT2D eigenvalue weighted by Crippen LogP contribution is 2.25. The summed E-state index contributed by atoms with van der Waals surface area (Å²) in [6.45, 7) is 3.23. The molecular formula is C19H28N2O. The standard InChI is InChI=1S/C19H28N2O/c1-2-3-4-5-6-7-8-9-13-20-19-12-14-21-18-11-10-16(22)15-17(18)19/h10-12,14-15,22H,2-9,13H2,1H3,(H,20,21). The van der Waals surface area contributed by atoms with Crippen molar-refractivity contribution < 1.29 is 5.11 Å². The van der Waals surface area contributed by atoms with Crippen LogP contribution >= 0.6 is 0 Å². The molecule has 0 atom stereocenters. The Morgan fingerprint density at radius 2 is 1.68 bits per heavy atom. The molecule has 0 aliphatic carbocycles. The second-order valence-electron chi connectivity index (χ2n) is 5.96. The first kappa shape index (κ1) is 16.6. The Balaban J connectivity index is 1.70. The van der Waals surface area contributed by atoms with Gasteiger partial charge in [-0.05, 0) is 30.7 Å². The van der Waals surface area contributed by atoms with Crippen LogP contribution in [0.1, 0.15) is 58.3 Å². The van der Waals surface area contributed by atoms with Gasteiger partial charge in [0.15, 0.2) is 0 Å². The van der Waals surface area contributed by atoms with Crippen molar-refractivity contribution in [2.75, 3.05) is 11.9 Å². The molecule has 0 amide bonds. The van der Waals surface area contributed by atoms with Crippen molar-refractivity contribution >= 4 is 16.6 Å². The molecule has 0 spiro atoms. The molecule has 0 saturated heterocycles. The Labute approximate surface area is 133 Å². The highest BCUT2D eigenvalue weighted by atomic mass is 16.3. The summed E-state index contributed by atoms with van der Waals surface area (Å²) in [5, 5.41) is 14.1. The first-order valence-corrected chi connectivity index (χ1v) is 8.63.